The van der Waals surface area contributed by atoms with Crippen LogP contribution in [0.4, 0.5) is 4.39 Å². The Morgan fingerprint density at radius 3 is 2.84 bits per heavy atom. The van der Waals surface area contributed by atoms with Crippen LogP contribution in [0.2, 0.25) is 0 Å². The van der Waals surface area contributed by atoms with Gasteiger partial charge in [-0.15, -0.1) is 10.2 Å². The van der Waals surface area contributed by atoms with E-state index in [2.05, 4.69) is 27.2 Å². The van der Waals surface area contributed by atoms with Crippen LogP contribution in [0.25, 0.3) is 22.3 Å². The summed E-state index contributed by atoms with van der Waals surface area (Å²) in [5, 5.41) is 24.1. The molecule has 6 nitrogen and oxygen atoms in total. The van der Waals surface area contributed by atoms with Crippen LogP contribution in [0, 0.1) is 12.7 Å². The number of likely N-dealkylation sites (tertiary alicyclic amines) is 1. The molecule has 1 aliphatic rings. The highest BCUT2D eigenvalue weighted by Gasteiger charge is 2.22. The summed E-state index contributed by atoms with van der Waals surface area (Å²) in [6.45, 7) is 3.79. The third-order valence-electron chi connectivity index (χ3n) is 4.82. The van der Waals surface area contributed by atoms with E-state index in [0.29, 0.717) is 16.8 Å². The molecule has 1 saturated heterocycles. The molecular formula is C18H20FN5O. The van der Waals surface area contributed by atoms with E-state index in [1.807, 2.05) is 10.7 Å². The number of likely N-dealkylation sites (N-methyl/N-ethyl adjacent to an activating group) is 1. The van der Waals surface area contributed by atoms with Crippen LogP contribution in [0.5, 0.6) is 5.75 Å². The van der Waals surface area contributed by atoms with Gasteiger partial charge in [-0.1, -0.05) is 0 Å². The Labute approximate surface area is 144 Å². The Bertz CT molecular complexity index is 915. The SMILES string of the molecule is Cc1cc(F)cc(O)c1-c1cc2cnn([C@@H]3CCCN(C)C3)c2nn1. The summed E-state index contributed by atoms with van der Waals surface area (Å²) >= 11 is 0. The highest BCUT2D eigenvalue weighted by atomic mass is 19.1. The van der Waals surface area contributed by atoms with E-state index in [4.69, 9.17) is 0 Å². The Hall–Kier alpha value is -2.54. The van der Waals surface area contributed by atoms with Crippen LogP contribution in [0.1, 0.15) is 24.4 Å². The van der Waals surface area contributed by atoms with E-state index in [9.17, 15) is 9.50 Å². The zero-order valence-electron chi connectivity index (χ0n) is 14.3. The van der Waals surface area contributed by atoms with Gasteiger partial charge in [0.25, 0.3) is 0 Å². The maximum Gasteiger partial charge on any atom is 0.180 e. The predicted molar refractivity (Wildman–Crippen MR) is 92.9 cm³/mol. The van der Waals surface area contributed by atoms with Crippen molar-refractivity contribution < 1.29 is 9.50 Å². The largest absolute Gasteiger partial charge is 0.507 e. The topological polar surface area (TPSA) is 67.1 Å². The number of aromatic nitrogens is 4. The van der Waals surface area contributed by atoms with Crippen LogP contribution < -0.4 is 0 Å². The average molecular weight is 341 g/mol. The molecule has 130 valence electrons. The van der Waals surface area contributed by atoms with Crippen molar-refractivity contribution in [1.82, 2.24) is 24.9 Å². The molecule has 3 aromatic rings. The number of halogens is 1. The summed E-state index contributed by atoms with van der Waals surface area (Å²) in [6.07, 6.45) is 3.98. The first-order valence-electron chi connectivity index (χ1n) is 8.42. The van der Waals surface area contributed by atoms with Crippen LogP contribution in [-0.2, 0) is 0 Å². The molecule has 0 amide bonds. The molecular weight excluding hydrogens is 321 g/mol. The van der Waals surface area contributed by atoms with Crippen molar-refractivity contribution in [2.45, 2.75) is 25.8 Å². The minimum absolute atomic E-state index is 0.132. The Morgan fingerprint density at radius 2 is 2.08 bits per heavy atom. The first-order chi connectivity index (χ1) is 12.0. The third kappa shape index (κ3) is 2.84. The maximum atomic E-state index is 13.4. The molecule has 7 heteroatoms. The molecule has 1 aliphatic heterocycles. The van der Waals surface area contributed by atoms with E-state index in [1.54, 1.807) is 13.1 Å². The molecule has 25 heavy (non-hydrogen) atoms. The molecule has 1 atom stereocenters. The summed E-state index contributed by atoms with van der Waals surface area (Å²) in [4.78, 5) is 2.30. The molecule has 0 bridgehead atoms. The second-order valence-corrected chi connectivity index (χ2v) is 6.77. The number of piperidine rings is 1. The summed E-state index contributed by atoms with van der Waals surface area (Å²) in [6, 6.07) is 4.60. The number of nitrogens with zero attached hydrogens (tertiary/aromatic N) is 5. The lowest BCUT2D eigenvalue weighted by Crippen LogP contribution is -2.34. The van der Waals surface area contributed by atoms with Gasteiger partial charge in [0.1, 0.15) is 11.6 Å². The van der Waals surface area contributed by atoms with Gasteiger partial charge < -0.3 is 10.0 Å². The molecule has 0 unspecified atom stereocenters. The van der Waals surface area contributed by atoms with Crippen LogP contribution in [-0.4, -0.2) is 50.1 Å². The van der Waals surface area contributed by atoms with Gasteiger partial charge in [0, 0.05) is 23.6 Å². The van der Waals surface area contributed by atoms with E-state index in [0.717, 1.165) is 43.0 Å². The summed E-state index contributed by atoms with van der Waals surface area (Å²) in [7, 11) is 2.11. The summed E-state index contributed by atoms with van der Waals surface area (Å²) < 4.78 is 15.3. The first kappa shape index (κ1) is 16.0. The van der Waals surface area contributed by atoms with E-state index in [-0.39, 0.29) is 11.8 Å². The number of benzene rings is 1. The van der Waals surface area contributed by atoms with Crippen molar-refractivity contribution in [3.05, 3.63) is 35.8 Å². The lowest BCUT2D eigenvalue weighted by molar-refractivity contribution is 0.205. The van der Waals surface area contributed by atoms with Gasteiger partial charge in [0.2, 0.25) is 0 Å². The molecule has 1 fully saturated rings. The van der Waals surface area contributed by atoms with Gasteiger partial charge in [-0.2, -0.15) is 5.10 Å². The van der Waals surface area contributed by atoms with Gasteiger partial charge in [-0.25, -0.2) is 9.07 Å². The number of phenolic OH excluding ortho intramolecular Hbond substituents is 1. The molecule has 0 spiro atoms. The second kappa shape index (κ2) is 6.07. The maximum absolute atomic E-state index is 13.4. The van der Waals surface area contributed by atoms with E-state index in [1.165, 1.54) is 6.07 Å². The molecule has 1 N–H and O–H groups in total. The number of aromatic hydroxyl groups is 1. The minimum Gasteiger partial charge on any atom is -0.507 e. The molecule has 1 aromatic carbocycles. The molecule has 2 aromatic heterocycles. The summed E-state index contributed by atoms with van der Waals surface area (Å²) in [5.74, 6) is -0.602. The fourth-order valence-corrected chi connectivity index (χ4v) is 3.64. The minimum atomic E-state index is -0.470. The molecule has 0 saturated carbocycles. The monoisotopic (exact) mass is 341 g/mol. The van der Waals surface area contributed by atoms with Crippen molar-refractivity contribution in [3.8, 4) is 17.0 Å². The van der Waals surface area contributed by atoms with Gasteiger partial charge in [0.15, 0.2) is 5.65 Å². The Balaban J connectivity index is 1.76. The van der Waals surface area contributed by atoms with Crippen molar-refractivity contribution >= 4 is 11.0 Å². The lowest BCUT2D eigenvalue weighted by Gasteiger charge is -2.29. The van der Waals surface area contributed by atoms with Crippen molar-refractivity contribution in [3.63, 3.8) is 0 Å². The smallest absolute Gasteiger partial charge is 0.180 e. The highest BCUT2D eigenvalue weighted by Crippen LogP contribution is 2.33. The fourth-order valence-electron chi connectivity index (χ4n) is 3.64. The zero-order chi connectivity index (χ0) is 17.6. The van der Waals surface area contributed by atoms with E-state index < -0.39 is 5.82 Å². The highest BCUT2D eigenvalue weighted by molar-refractivity contribution is 5.81. The molecule has 4 rings (SSSR count). The number of rotatable bonds is 2. The van der Waals surface area contributed by atoms with Crippen LogP contribution in [0.3, 0.4) is 0 Å². The third-order valence-corrected chi connectivity index (χ3v) is 4.82. The first-order valence-corrected chi connectivity index (χ1v) is 8.42. The summed E-state index contributed by atoms with van der Waals surface area (Å²) in [5.41, 5.74) is 2.37. The number of aryl methyl sites for hydroxylation is 1. The van der Waals surface area contributed by atoms with Gasteiger partial charge >= 0.3 is 0 Å². The van der Waals surface area contributed by atoms with Crippen molar-refractivity contribution in [2.24, 2.45) is 0 Å². The number of fused-ring (bicyclic) bond motifs is 1. The molecule has 0 aliphatic carbocycles. The second-order valence-electron chi connectivity index (χ2n) is 6.77. The standard InChI is InChI=1S/C18H20FN5O/c1-11-6-13(19)8-16(25)17(11)15-7-12-9-20-24(18(12)22-21-15)14-4-3-5-23(2)10-14/h6-9,14,25H,3-5,10H2,1-2H3/t14-/m1/s1. The number of hydrogen-bond donors (Lipinski definition) is 1. The molecule has 3 heterocycles. The average Bonchev–Trinajstić information content (AvgIpc) is 2.97. The lowest BCUT2D eigenvalue weighted by atomic mass is 10.0. The van der Waals surface area contributed by atoms with Crippen molar-refractivity contribution in [2.75, 3.05) is 20.1 Å². The Kier molecular flexibility index (Phi) is 3.88. The normalized spacial score (nSPS) is 18.8. The van der Waals surface area contributed by atoms with Crippen LogP contribution >= 0.6 is 0 Å². The molecule has 0 radical (unpaired) electrons. The fraction of sp³-hybridized carbons (Fsp3) is 0.389. The van der Waals surface area contributed by atoms with Gasteiger partial charge in [-0.05, 0) is 51.1 Å². The Morgan fingerprint density at radius 1 is 1.24 bits per heavy atom. The van der Waals surface area contributed by atoms with Gasteiger partial charge in [-0.3, -0.25) is 0 Å². The van der Waals surface area contributed by atoms with Gasteiger partial charge in [0.05, 0.1) is 17.9 Å². The number of hydrogen-bond acceptors (Lipinski definition) is 5. The van der Waals surface area contributed by atoms with E-state index >= 15 is 0 Å². The van der Waals surface area contributed by atoms with Crippen molar-refractivity contribution in [1.29, 1.82) is 0 Å². The van der Waals surface area contributed by atoms with Crippen LogP contribution in [0.15, 0.2) is 24.4 Å². The predicted octanol–water partition coefficient (Wildman–Crippen LogP) is 2.91. The number of phenols is 1. The quantitative estimate of drug-likeness (QED) is 0.776. The zero-order valence-corrected chi connectivity index (χ0v) is 14.3.